The predicted molar refractivity (Wildman–Crippen MR) is 119 cm³/mol. The van der Waals surface area contributed by atoms with Gasteiger partial charge in [0, 0.05) is 31.6 Å². The molecule has 30 heavy (non-hydrogen) atoms. The summed E-state index contributed by atoms with van der Waals surface area (Å²) >= 11 is 0. The molecule has 6 nitrogen and oxygen atoms in total. The van der Waals surface area contributed by atoms with Crippen molar-refractivity contribution < 1.29 is 14.3 Å². The second-order valence-corrected chi connectivity index (χ2v) is 8.68. The third-order valence-electron chi connectivity index (χ3n) is 6.09. The first-order valence-electron chi connectivity index (χ1n) is 11.0. The molecule has 4 rings (SSSR count). The Hall–Kier alpha value is -2.44. The lowest BCUT2D eigenvalue weighted by Crippen LogP contribution is -2.51. The highest BCUT2D eigenvalue weighted by Gasteiger charge is 2.30. The molecule has 1 atom stereocenters. The number of benzene rings is 2. The first kappa shape index (κ1) is 20.8. The third kappa shape index (κ3) is 4.82. The van der Waals surface area contributed by atoms with Gasteiger partial charge in [0.15, 0.2) is 0 Å². The van der Waals surface area contributed by atoms with Crippen LogP contribution in [0.4, 0.5) is 5.69 Å². The second-order valence-electron chi connectivity index (χ2n) is 8.68. The fourth-order valence-electron chi connectivity index (χ4n) is 4.10. The van der Waals surface area contributed by atoms with E-state index in [-0.39, 0.29) is 23.8 Å². The molecule has 2 amide bonds. The van der Waals surface area contributed by atoms with Crippen molar-refractivity contribution in [3.05, 3.63) is 42.0 Å². The van der Waals surface area contributed by atoms with E-state index in [4.69, 9.17) is 4.74 Å². The van der Waals surface area contributed by atoms with E-state index in [1.165, 1.54) is 0 Å². The lowest BCUT2D eigenvalue weighted by atomic mass is 10.0. The number of hydrogen-bond donors (Lipinski definition) is 2. The van der Waals surface area contributed by atoms with Crippen LogP contribution in [0, 0.1) is 11.8 Å². The Kier molecular flexibility index (Phi) is 6.35. The van der Waals surface area contributed by atoms with E-state index in [2.05, 4.69) is 29.4 Å². The molecule has 2 fully saturated rings. The number of amides is 2. The topological polar surface area (TPSA) is 70.7 Å². The average Bonchev–Trinajstić information content (AvgIpc) is 3.59. The second kappa shape index (κ2) is 9.14. The molecule has 1 unspecified atom stereocenters. The van der Waals surface area contributed by atoms with Crippen LogP contribution in [0.15, 0.2) is 36.4 Å². The van der Waals surface area contributed by atoms with Crippen molar-refractivity contribution >= 4 is 28.3 Å². The summed E-state index contributed by atoms with van der Waals surface area (Å²) in [6, 6.07) is 11.9. The monoisotopic (exact) mass is 409 g/mol. The van der Waals surface area contributed by atoms with Crippen LogP contribution < -0.4 is 10.6 Å². The van der Waals surface area contributed by atoms with Crippen molar-refractivity contribution in [2.75, 3.05) is 38.2 Å². The number of carbonyl (C=O) groups is 2. The molecule has 1 aliphatic heterocycles. The van der Waals surface area contributed by atoms with Gasteiger partial charge in [0.05, 0.1) is 24.5 Å². The number of ether oxygens (including phenoxy) is 1. The summed E-state index contributed by atoms with van der Waals surface area (Å²) in [6.07, 6.45) is 1.85. The van der Waals surface area contributed by atoms with Crippen molar-refractivity contribution in [2.24, 2.45) is 11.8 Å². The van der Waals surface area contributed by atoms with Gasteiger partial charge in [-0.15, -0.1) is 0 Å². The molecule has 1 saturated heterocycles. The highest BCUT2D eigenvalue weighted by atomic mass is 16.5. The molecule has 160 valence electrons. The van der Waals surface area contributed by atoms with Crippen molar-refractivity contribution in [1.29, 1.82) is 0 Å². The lowest BCUT2D eigenvalue weighted by Gasteiger charge is -2.37. The number of nitrogens with zero attached hydrogens (tertiary/aromatic N) is 1. The van der Waals surface area contributed by atoms with Crippen molar-refractivity contribution in [3.8, 4) is 0 Å². The van der Waals surface area contributed by atoms with Crippen LogP contribution in [0.2, 0.25) is 0 Å². The van der Waals surface area contributed by atoms with Gasteiger partial charge in [-0.25, -0.2) is 0 Å². The number of anilines is 1. The fourth-order valence-corrected chi connectivity index (χ4v) is 4.10. The predicted octanol–water partition coefficient (Wildman–Crippen LogP) is 3.27. The number of nitrogens with one attached hydrogen (secondary N) is 2. The smallest absolute Gasteiger partial charge is 0.253 e. The molecule has 2 aliphatic rings. The zero-order chi connectivity index (χ0) is 21.1. The van der Waals surface area contributed by atoms with Crippen LogP contribution in [-0.2, 0) is 9.53 Å². The summed E-state index contributed by atoms with van der Waals surface area (Å²) in [5.74, 6) is 0.353. The van der Waals surface area contributed by atoms with Crippen molar-refractivity contribution in [3.63, 3.8) is 0 Å². The zero-order valence-corrected chi connectivity index (χ0v) is 17.8. The minimum absolute atomic E-state index is 0.00713. The van der Waals surface area contributed by atoms with E-state index in [1.54, 1.807) is 0 Å². The van der Waals surface area contributed by atoms with Gasteiger partial charge in [-0.3, -0.25) is 14.5 Å². The summed E-state index contributed by atoms with van der Waals surface area (Å²) in [7, 11) is 0. The lowest BCUT2D eigenvalue weighted by molar-refractivity contribution is -0.117. The number of morpholine rings is 1. The average molecular weight is 410 g/mol. The van der Waals surface area contributed by atoms with E-state index >= 15 is 0 Å². The minimum Gasteiger partial charge on any atom is -0.379 e. The Morgan fingerprint density at radius 2 is 1.77 bits per heavy atom. The quantitative estimate of drug-likeness (QED) is 0.736. The van der Waals surface area contributed by atoms with Crippen LogP contribution in [0.1, 0.15) is 37.0 Å². The maximum absolute atomic E-state index is 13.2. The van der Waals surface area contributed by atoms with E-state index in [9.17, 15) is 9.59 Å². The molecule has 2 aromatic carbocycles. The normalized spacial score (nSPS) is 18.4. The van der Waals surface area contributed by atoms with Gasteiger partial charge in [-0.2, -0.15) is 0 Å². The summed E-state index contributed by atoms with van der Waals surface area (Å²) < 4.78 is 5.47. The Morgan fingerprint density at radius 1 is 1.10 bits per heavy atom. The molecule has 1 aliphatic carbocycles. The minimum atomic E-state index is -0.147. The van der Waals surface area contributed by atoms with E-state index in [1.807, 2.05) is 36.4 Å². The van der Waals surface area contributed by atoms with Crippen LogP contribution >= 0.6 is 0 Å². The molecule has 0 radical (unpaired) electrons. The molecule has 6 heteroatoms. The van der Waals surface area contributed by atoms with Gasteiger partial charge in [-0.05, 0) is 41.7 Å². The van der Waals surface area contributed by atoms with Crippen LogP contribution in [0.3, 0.4) is 0 Å². The van der Waals surface area contributed by atoms with Crippen molar-refractivity contribution in [2.45, 2.75) is 32.7 Å². The molecular weight excluding hydrogens is 378 g/mol. The third-order valence-corrected chi connectivity index (χ3v) is 6.09. The maximum atomic E-state index is 13.2. The first-order valence-corrected chi connectivity index (χ1v) is 11.0. The maximum Gasteiger partial charge on any atom is 0.253 e. The molecular formula is C24H31N3O3. The Balaban J connectivity index is 1.53. The van der Waals surface area contributed by atoms with E-state index in [0.29, 0.717) is 23.7 Å². The van der Waals surface area contributed by atoms with E-state index < -0.39 is 0 Å². The summed E-state index contributed by atoms with van der Waals surface area (Å²) in [4.78, 5) is 28.0. The summed E-state index contributed by atoms with van der Waals surface area (Å²) in [5.41, 5.74) is 1.11. The molecule has 0 spiro atoms. The first-order chi connectivity index (χ1) is 14.5. The summed E-state index contributed by atoms with van der Waals surface area (Å²) in [5, 5.41) is 8.12. The van der Waals surface area contributed by atoms with Gasteiger partial charge in [0.2, 0.25) is 5.91 Å². The van der Waals surface area contributed by atoms with Gasteiger partial charge < -0.3 is 15.4 Å². The van der Waals surface area contributed by atoms with Crippen LogP contribution in [0.25, 0.3) is 10.8 Å². The Labute approximate surface area is 178 Å². The fraction of sp³-hybridized carbons (Fsp3) is 0.500. The molecule has 0 aromatic heterocycles. The number of rotatable bonds is 7. The molecule has 1 heterocycles. The number of hydrogen-bond acceptors (Lipinski definition) is 4. The molecule has 2 N–H and O–H groups in total. The standard InChI is InChI=1S/C24H31N3O3/c1-16(2)22(27-9-11-30-12-10-27)15-25-24(29)20-13-18-5-3-4-6-19(18)14-21(20)26-23(28)17-7-8-17/h3-6,13-14,16-17,22H,7-12,15H2,1-2H3,(H,25,29)(H,26,28). The van der Waals surface area contributed by atoms with Crippen LogP contribution in [0.5, 0.6) is 0 Å². The largest absolute Gasteiger partial charge is 0.379 e. The van der Waals surface area contributed by atoms with Gasteiger partial charge >= 0.3 is 0 Å². The summed E-state index contributed by atoms with van der Waals surface area (Å²) in [6.45, 7) is 8.18. The van der Waals surface area contributed by atoms with Gasteiger partial charge in [0.1, 0.15) is 0 Å². The zero-order valence-electron chi connectivity index (χ0n) is 17.8. The van der Waals surface area contributed by atoms with Gasteiger partial charge in [-0.1, -0.05) is 38.1 Å². The van der Waals surface area contributed by atoms with Crippen LogP contribution in [-0.4, -0.2) is 55.6 Å². The number of carbonyl (C=O) groups excluding carboxylic acids is 2. The molecule has 0 bridgehead atoms. The number of fused-ring (bicyclic) bond motifs is 1. The molecule has 1 saturated carbocycles. The SMILES string of the molecule is CC(C)C(CNC(=O)c1cc2ccccc2cc1NC(=O)C1CC1)N1CCOCC1. The van der Waals surface area contributed by atoms with Crippen molar-refractivity contribution in [1.82, 2.24) is 10.2 Å². The highest BCUT2D eigenvalue weighted by Crippen LogP contribution is 2.32. The Morgan fingerprint density at radius 3 is 2.40 bits per heavy atom. The Bertz CT molecular complexity index is 917. The highest BCUT2D eigenvalue weighted by molar-refractivity contribution is 6.08. The van der Waals surface area contributed by atoms with E-state index in [0.717, 1.165) is 49.9 Å². The molecule has 2 aromatic rings. The van der Waals surface area contributed by atoms with Gasteiger partial charge in [0.25, 0.3) is 5.91 Å².